The second-order valence-electron chi connectivity index (χ2n) is 6.09. The fraction of sp³-hybridized carbons (Fsp3) is 0.333. The van der Waals surface area contributed by atoms with Crippen LogP contribution < -0.4 is 5.32 Å². The van der Waals surface area contributed by atoms with E-state index in [2.05, 4.69) is 10.3 Å². The van der Waals surface area contributed by atoms with Crippen LogP contribution in [0.15, 0.2) is 41.3 Å². The molecule has 1 aromatic heterocycles. The van der Waals surface area contributed by atoms with E-state index in [9.17, 15) is 13.2 Å². The van der Waals surface area contributed by atoms with Gasteiger partial charge in [0.25, 0.3) is 5.91 Å². The molecule has 0 aliphatic heterocycles. The van der Waals surface area contributed by atoms with Gasteiger partial charge in [-0.1, -0.05) is 19.1 Å². The molecular formula is C18H22N2O3S. The van der Waals surface area contributed by atoms with Gasteiger partial charge in [-0.2, -0.15) is 0 Å². The summed E-state index contributed by atoms with van der Waals surface area (Å²) in [7, 11) is -3.19. The minimum atomic E-state index is -3.19. The van der Waals surface area contributed by atoms with Crippen LogP contribution in [-0.4, -0.2) is 32.1 Å². The van der Waals surface area contributed by atoms with E-state index in [1.807, 2.05) is 20.8 Å². The highest BCUT2D eigenvalue weighted by Crippen LogP contribution is 2.17. The van der Waals surface area contributed by atoms with Crippen molar-refractivity contribution in [1.82, 2.24) is 10.3 Å². The predicted octanol–water partition coefficient (Wildman–Crippen LogP) is 2.64. The molecule has 1 amide bonds. The van der Waals surface area contributed by atoms with Crippen molar-refractivity contribution in [2.45, 2.75) is 31.6 Å². The molecule has 1 heterocycles. The van der Waals surface area contributed by atoms with E-state index in [1.165, 1.54) is 6.26 Å². The molecule has 0 aliphatic rings. The number of nitrogens with zero attached hydrogens (tertiary/aromatic N) is 1. The Hall–Kier alpha value is -2.21. The lowest BCUT2D eigenvalue weighted by Crippen LogP contribution is -2.27. The number of carbonyl (C=O) groups is 1. The van der Waals surface area contributed by atoms with Crippen molar-refractivity contribution in [3.8, 4) is 0 Å². The minimum Gasteiger partial charge on any atom is -0.351 e. The third kappa shape index (κ3) is 4.64. The highest BCUT2D eigenvalue weighted by atomic mass is 32.2. The standard InChI is InChI=1S/C18H22N2O3S/c1-12(15-5-7-17(8-6-15)24(4,22)23)11-19-18(21)16-9-13(2)20-14(3)10-16/h5-10,12H,11H2,1-4H3,(H,19,21). The number of amides is 1. The summed E-state index contributed by atoms with van der Waals surface area (Å²) in [5, 5.41) is 2.91. The summed E-state index contributed by atoms with van der Waals surface area (Å²) in [5.74, 6) is -0.0604. The zero-order valence-electron chi connectivity index (χ0n) is 14.3. The highest BCUT2D eigenvalue weighted by molar-refractivity contribution is 7.90. The summed E-state index contributed by atoms with van der Waals surface area (Å²) < 4.78 is 23.0. The zero-order valence-corrected chi connectivity index (χ0v) is 15.1. The Bertz CT molecular complexity index is 823. The van der Waals surface area contributed by atoms with E-state index in [0.717, 1.165) is 17.0 Å². The third-order valence-corrected chi connectivity index (χ3v) is 4.92. The first kappa shape index (κ1) is 18.1. The van der Waals surface area contributed by atoms with Crippen LogP contribution in [0.5, 0.6) is 0 Å². The summed E-state index contributed by atoms with van der Waals surface area (Å²) in [6.07, 6.45) is 1.18. The van der Waals surface area contributed by atoms with Gasteiger partial charge in [0.1, 0.15) is 0 Å². The summed E-state index contributed by atoms with van der Waals surface area (Å²) in [6.45, 7) is 6.17. The molecule has 0 fully saturated rings. The van der Waals surface area contributed by atoms with Gasteiger partial charge in [-0.05, 0) is 49.6 Å². The van der Waals surface area contributed by atoms with Gasteiger partial charge >= 0.3 is 0 Å². The van der Waals surface area contributed by atoms with Gasteiger partial charge in [0.15, 0.2) is 9.84 Å². The molecule has 2 aromatic rings. The number of aromatic nitrogens is 1. The fourth-order valence-electron chi connectivity index (χ4n) is 2.47. The molecule has 1 atom stereocenters. The van der Waals surface area contributed by atoms with Crippen molar-refractivity contribution in [2.75, 3.05) is 12.8 Å². The summed E-state index contributed by atoms with van der Waals surface area (Å²) >= 11 is 0. The molecule has 0 aliphatic carbocycles. The Labute approximate surface area is 143 Å². The molecule has 1 N–H and O–H groups in total. The maximum absolute atomic E-state index is 12.3. The molecular weight excluding hydrogens is 324 g/mol. The first-order valence-corrected chi connectivity index (χ1v) is 9.59. The number of pyridine rings is 1. The minimum absolute atomic E-state index is 0.0755. The Morgan fingerprint density at radius 2 is 1.67 bits per heavy atom. The smallest absolute Gasteiger partial charge is 0.251 e. The maximum atomic E-state index is 12.3. The molecule has 128 valence electrons. The zero-order chi connectivity index (χ0) is 17.9. The molecule has 1 aromatic carbocycles. The Morgan fingerprint density at radius 1 is 1.12 bits per heavy atom. The van der Waals surface area contributed by atoms with Crippen LogP contribution in [-0.2, 0) is 9.84 Å². The van der Waals surface area contributed by atoms with Gasteiger partial charge < -0.3 is 5.32 Å². The molecule has 0 saturated carbocycles. The Balaban J connectivity index is 2.02. The number of hydrogen-bond acceptors (Lipinski definition) is 4. The average molecular weight is 346 g/mol. The number of benzene rings is 1. The average Bonchev–Trinajstić information content (AvgIpc) is 2.50. The lowest BCUT2D eigenvalue weighted by Gasteiger charge is -2.14. The number of rotatable bonds is 5. The van der Waals surface area contributed by atoms with Gasteiger partial charge in [-0.25, -0.2) is 8.42 Å². The number of carbonyl (C=O) groups excluding carboxylic acids is 1. The van der Waals surface area contributed by atoms with Crippen molar-refractivity contribution in [3.63, 3.8) is 0 Å². The van der Waals surface area contributed by atoms with E-state index in [1.54, 1.807) is 36.4 Å². The van der Waals surface area contributed by atoms with Gasteiger partial charge in [-0.15, -0.1) is 0 Å². The summed E-state index contributed by atoms with van der Waals surface area (Å²) in [4.78, 5) is 16.8. The van der Waals surface area contributed by atoms with Crippen molar-refractivity contribution in [1.29, 1.82) is 0 Å². The van der Waals surface area contributed by atoms with Crippen molar-refractivity contribution in [2.24, 2.45) is 0 Å². The van der Waals surface area contributed by atoms with E-state index in [-0.39, 0.29) is 11.8 Å². The van der Waals surface area contributed by atoms with Gasteiger partial charge in [0, 0.05) is 29.8 Å². The monoisotopic (exact) mass is 346 g/mol. The topological polar surface area (TPSA) is 76.1 Å². The number of hydrogen-bond donors (Lipinski definition) is 1. The first-order chi connectivity index (χ1) is 11.2. The van der Waals surface area contributed by atoms with Crippen molar-refractivity contribution < 1.29 is 13.2 Å². The van der Waals surface area contributed by atoms with E-state index < -0.39 is 9.84 Å². The molecule has 0 radical (unpaired) electrons. The molecule has 2 rings (SSSR count). The molecule has 1 unspecified atom stereocenters. The maximum Gasteiger partial charge on any atom is 0.251 e. The molecule has 24 heavy (non-hydrogen) atoms. The van der Waals surface area contributed by atoms with Gasteiger partial charge in [-0.3, -0.25) is 9.78 Å². The molecule has 0 bridgehead atoms. The Morgan fingerprint density at radius 3 is 2.17 bits per heavy atom. The van der Waals surface area contributed by atoms with Gasteiger partial charge in [0.05, 0.1) is 4.90 Å². The van der Waals surface area contributed by atoms with Crippen LogP contribution in [0, 0.1) is 13.8 Å². The molecule has 0 spiro atoms. The number of nitrogens with one attached hydrogen (secondary N) is 1. The number of aryl methyl sites for hydroxylation is 2. The fourth-order valence-corrected chi connectivity index (χ4v) is 3.11. The lowest BCUT2D eigenvalue weighted by atomic mass is 10.0. The molecule has 0 saturated heterocycles. The van der Waals surface area contributed by atoms with Crippen LogP contribution in [0.4, 0.5) is 0 Å². The quantitative estimate of drug-likeness (QED) is 0.903. The van der Waals surface area contributed by atoms with Crippen LogP contribution in [0.25, 0.3) is 0 Å². The first-order valence-electron chi connectivity index (χ1n) is 7.70. The predicted molar refractivity (Wildman–Crippen MR) is 94.0 cm³/mol. The largest absolute Gasteiger partial charge is 0.351 e. The second kappa shape index (κ2) is 7.13. The molecule has 5 nitrogen and oxygen atoms in total. The van der Waals surface area contributed by atoms with Crippen molar-refractivity contribution in [3.05, 3.63) is 58.9 Å². The van der Waals surface area contributed by atoms with E-state index >= 15 is 0 Å². The van der Waals surface area contributed by atoms with E-state index in [4.69, 9.17) is 0 Å². The lowest BCUT2D eigenvalue weighted by molar-refractivity contribution is 0.0951. The summed E-state index contributed by atoms with van der Waals surface area (Å²) in [5.41, 5.74) is 3.19. The number of sulfone groups is 1. The Kier molecular flexibility index (Phi) is 5.39. The highest BCUT2D eigenvalue weighted by Gasteiger charge is 2.12. The van der Waals surface area contributed by atoms with Crippen LogP contribution in [0.3, 0.4) is 0 Å². The van der Waals surface area contributed by atoms with Crippen LogP contribution >= 0.6 is 0 Å². The van der Waals surface area contributed by atoms with Crippen LogP contribution in [0.1, 0.15) is 40.2 Å². The van der Waals surface area contributed by atoms with Gasteiger partial charge in [0.2, 0.25) is 0 Å². The second-order valence-corrected chi connectivity index (χ2v) is 8.11. The molecule has 6 heteroatoms. The van der Waals surface area contributed by atoms with Crippen LogP contribution in [0.2, 0.25) is 0 Å². The van der Waals surface area contributed by atoms with E-state index in [0.29, 0.717) is 17.0 Å². The third-order valence-electron chi connectivity index (χ3n) is 3.79. The van der Waals surface area contributed by atoms with Crippen molar-refractivity contribution >= 4 is 15.7 Å². The summed E-state index contributed by atoms with van der Waals surface area (Å²) in [6, 6.07) is 10.3. The normalized spacial score (nSPS) is 12.7. The SMILES string of the molecule is Cc1cc(C(=O)NCC(C)c2ccc(S(C)(=O)=O)cc2)cc(C)n1.